The molecule has 2 heterocycles. The SMILES string of the molecule is CCNc1nc(Oc2ccc(F)cc2Br)c2cn[nH]c2n1. The number of hydrogen-bond acceptors (Lipinski definition) is 5. The van der Waals surface area contributed by atoms with Gasteiger partial charge in [-0.15, -0.1) is 0 Å². The second kappa shape index (κ2) is 5.65. The topological polar surface area (TPSA) is 75.7 Å². The predicted molar refractivity (Wildman–Crippen MR) is 80.0 cm³/mol. The van der Waals surface area contributed by atoms with Gasteiger partial charge in [-0.25, -0.2) is 4.39 Å². The first-order valence-corrected chi connectivity index (χ1v) is 7.04. The summed E-state index contributed by atoms with van der Waals surface area (Å²) in [5, 5.41) is 10.4. The number of aromatic nitrogens is 4. The van der Waals surface area contributed by atoms with Gasteiger partial charge in [0.05, 0.1) is 10.7 Å². The molecule has 0 atom stereocenters. The maximum Gasteiger partial charge on any atom is 0.235 e. The lowest BCUT2D eigenvalue weighted by Gasteiger charge is -2.09. The van der Waals surface area contributed by atoms with Crippen LogP contribution in [-0.4, -0.2) is 26.7 Å². The quantitative estimate of drug-likeness (QED) is 0.752. The molecule has 21 heavy (non-hydrogen) atoms. The Bertz CT molecular complexity index is 791. The Kier molecular flexibility index (Phi) is 3.70. The molecule has 0 radical (unpaired) electrons. The Morgan fingerprint density at radius 1 is 1.38 bits per heavy atom. The Morgan fingerprint density at radius 2 is 2.24 bits per heavy atom. The Balaban J connectivity index is 2.04. The van der Waals surface area contributed by atoms with E-state index < -0.39 is 0 Å². The molecule has 0 aliphatic heterocycles. The molecule has 0 unspecified atom stereocenters. The van der Waals surface area contributed by atoms with Gasteiger partial charge >= 0.3 is 0 Å². The van der Waals surface area contributed by atoms with E-state index in [1.54, 1.807) is 6.20 Å². The molecule has 8 heteroatoms. The van der Waals surface area contributed by atoms with Gasteiger partial charge in [0.15, 0.2) is 5.65 Å². The van der Waals surface area contributed by atoms with Crippen LogP contribution in [0.2, 0.25) is 0 Å². The summed E-state index contributed by atoms with van der Waals surface area (Å²) in [5.41, 5.74) is 0.564. The van der Waals surface area contributed by atoms with Crippen LogP contribution in [0.3, 0.4) is 0 Å². The average Bonchev–Trinajstić information content (AvgIpc) is 2.91. The van der Waals surface area contributed by atoms with Crippen molar-refractivity contribution in [2.45, 2.75) is 6.92 Å². The molecular formula is C13H11BrFN5O. The molecule has 0 fully saturated rings. The van der Waals surface area contributed by atoms with Crippen LogP contribution in [-0.2, 0) is 0 Å². The number of rotatable bonds is 4. The largest absolute Gasteiger partial charge is 0.437 e. The molecule has 1 aromatic carbocycles. The predicted octanol–water partition coefficient (Wildman–Crippen LogP) is 3.48. The van der Waals surface area contributed by atoms with Crippen molar-refractivity contribution in [1.29, 1.82) is 0 Å². The number of aromatic amines is 1. The van der Waals surface area contributed by atoms with Crippen LogP contribution in [0.5, 0.6) is 11.6 Å². The molecule has 0 bridgehead atoms. The van der Waals surface area contributed by atoms with Crippen LogP contribution >= 0.6 is 15.9 Å². The number of benzene rings is 1. The van der Waals surface area contributed by atoms with Crippen molar-refractivity contribution in [1.82, 2.24) is 20.2 Å². The van der Waals surface area contributed by atoms with E-state index in [4.69, 9.17) is 4.74 Å². The third-order valence-electron chi connectivity index (χ3n) is 2.71. The summed E-state index contributed by atoms with van der Waals surface area (Å²) < 4.78 is 19.4. The van der Waals surface area contributed by atoms with E-state index in [1.165, 1.54) is 18.2 Å². The number of nitrogens with zero attached hydrogens (tertiary/aromatic N) is 3. The van der Waals surface area contributed by atoms with Gasteiger partial charge in [-0.05, 0) is 41.1 Å². The second-order valence-electron chi connectivity index (χ2n) is 4.19. The number of nitrogens with one attached hydrogen (secondary N) is 2. The van der Waals surface area contributed by atoms with E-state index in [-0.39, 0.29) is 5.82 Å². The van der Waals surface area contributed by atoms with Crippen molar-refractivity contribution in [2.75, 3.05) is 11.9 Å². The highest BCUT2D eigenvalue weighted by molar-refractivity contribution is 9.10. The lowest BCUT2D eigenvalue weighted by molar-refractivity contribution is 0.464. The smallest absolute Gasteiger partial charge is 0.235 e. The lowest BCUT2D eigenvalue weighted by Crippen LogP contribution is -2.03. The van der Waals surface area contributed by atoms with E-state index in [0.29, 0.717) is 39.6 Å². The molecule has 2 aromatic heterocycles. The number of ether oxygens (including phenoxy) is 1. The van der Waals surface area contributed by atoms with Crippen molar-refractivity contribution >= 4 is 32.9 Å². The molecule has 3 aromatic rings. The number of H-pyrrole nitrogens is 1. The van der Waals surface area contributed by atoms with E-state index in [1.807, 2.05) is 6.92 Å². The zero-order chi connectivity index (χ0) is 14.8. The lowest BCUT2D eigenvalue weighted by atomic mass is 10.3. The average molecular weight is 352 g/mol. The molecule has 108 valence electrons. The number of halogens is 2. The second-order valence-corrected chi connectivity index (χ2v) is 5.05. The van der Waals surface area contributed by atoms with Crippen molar-refractivity contribution in [2.24, 2.45) is 0 Å². The fourth-order valence-electron chi connectivity index (χ4n) is 1.79. The van der Waals surface area contributed by atoms with Crippen molar-refractivity contribution in [3.63, 3.8) is 0 Å². The Labute approximate surface area is 127 Å². The zero-order valence-electron chi connectivity index (χ0n) is 11.0. The van der Waals surface area contributed by atoms with E-state index in [2.05, 4.69) is 41.4 Å². The van der Waals surface area contributed by atoms with Crippen LogP contribution in [0.25, 0.3) is 11.0 Å². The van der Waals surface area contributed by atoms with Crippen LogP contribution in [0.1, 0.15) is 6.92 Å². The molecule has 0 aliphatic carbocycles. The van der Waals surface area contributed by atoms with Gasteiger partial charge < -0.3 is 10.1 Å². The summed E-state index contributed by atoms with van der Waals surface area (Å²) in [6, 6.07) is 4.17. The number of hydrogen-bond donors (Lipinski definition) is 2. The van der Waals surface area contributed by atoms with Gasteiger partial charge in [0.25, 0.3) is 0 Å². The fraction of sp³-hybridized carbons (Fsp3) is 0.154. The number of fused-ring (bicyclic) bond motifs is 1. The summed E-state index contributed by atoms with van der Waals surface area (Å²) in [7, 11) is 0. The van der Waals surface area contributed by atoms with Crippen LogP contribution < -0.4 is 10.1 Å². The number of anilines is 1. The zero-order valence-corrected chi connectivity index (χ0v) is 12.6. The highest BCUT2D eigenvalue weighted by atomic mass is 79.9. The van der Waals surface area contributed by atoms with Crippen LogP contribution in [0, 0.1) is 5.82 Å². The van der Waals surface area contributed by atoms with Gasteiger partial charge in [-0.2, -0.15) is 15.1 Å². The summed E-state index contributed by atoms with van der Waals surface area (Å²) >= 11 is 3.26. The minimum absolute atomic E-state index is 0.344. The molecule has 0 aliphatic rings. The minimum Gasteiger partial charge on any atom is -0.437 e. The fourth-order valence-corrected chi connectivity index (χ4v) is 2.22. The first kappa shape index (κ1) is 13.7. The maximum atomic E-state index is 13.1. The van der Waals surface area contributed by atoms with E-state index >= 15 is 0 Å². The molecular weight excluding hydrogens is 341 g/mol. The summed E-state index contributed by atoms with van der Waals surface area (Å²) in [4.78, 5) is 8.57. The van der Waals surface area contributed by atoms with Gasteiger partial charge in [-0.3, -0.25) is 5.10 Å². The van der Waals surface area contributed by atoms with Crippen molar-refractivity contribution < 1.29 is 9.13 Å². The van der Waals surface area contributed by atoms with E-state index in [9.17, 15) is 4.39 Å². The van der Waals surface area contributed by atoms with E-state index in [0.717, 1.165) is 0 Å². The third kappa shape index (κ3) is 2.80. The summed E-state index contributed by atoms with van der Waals surface area (Å²) in [5.74, 6) is 0.887. The summed E-state index contributed by atoms with van der Waals surface area (Å²) in [6.07, 6.45) is 1.58. The molecule has 0 saturated heterocycles. The Morgan fingerprint density at radius 3 is 3.00 bits per heavy atom. The van der Waals surface area contributed by atoms with Gasteiger partial charge in [0, 0.05) is 6.54 Å². The molecule has 0 spiro atoms. The monoisotopic (exact) mass is 351 g/mol. The van der Waals surface area contributed by atoms with Crippen LogP contribution in [0.15, 0.2) is 28.9 Å². The van der Waals surface area contributed by atoms with Crippen molar-refractivity contribution in [3.8, 4) is 11.6 Å². The van der Waals surface area contributed by atoms with Gasteiger partial charge in [-0.1, -0.05) is 0 Å². The molecule has 6 nitrogen and oxygen atoms in total. The molecule has 3 rings (SSSR count). The molecule has 2 N–H and O–H groups in total. The van der Waals surface area contributed by atoms with Gasteiger partial charge in [0.1, 0.15) is 17.0 Å². The Hall–Kier alpha value is -2.22. The normalized spacial score (nSPS) is 10.8. The maximum absolute atomic E-state index is 13.1. The highest BCUT2D eigenvalue weighted by Crippen LogP contribution is 2.32. The first-order valence-electron chi connectivity index (χ1n) is 6.25. The summed E-state index contributed by atoms with van der Waals surface area (Å²) in [6.45, 7) is 2.62. The standard InChI is InChI=1S/C13H11BrFN5O/c1-2-16-13-18-11-8(6-17-20-11)12(19-13)21-10-4-3-7(15)5-9(10)14/h3-6H,2H2,1H3,(H2,16,17,18,19,20). The van der Waals surface area contributed by atoms with Gasteiger partial charge in [0.2, 0.25) is 11.8 Å². The van der Waals surface area contributed by atoms with Crippen LogP contribution in [0.4, 0.5) is 10.3 Å². The highest BCUT2D eigenvalue weighted by Gasteiger charge is 2.13. The molecule has 0 amide bonds. The molecule has 0 saturated carbocycles. The van der Waals surface area contributed by atoms with Crippen molar-refractivity contribution in [3.05, 3.63) is 34.7 Å². The minimum atomic E-state index is -0.348. The first-order chi connectivity index (χ1) is 10.2. The third-order valence-corrected chi connectivity index (χ3v) is 3.33.